The van der Waals surface area contributed by atoms with Gasteiger partial charge in [-0.15, -0.1) is 0 Å². The van der Waals surface area contributed by atoms with Crippen molar-refractivity contribution >= 4 is 72.3 Å². The molecule has 13 rings (SSSR count). The molecular formula is C65H52N2O. The molecule has 9 aromatic carbocycles. The van der Waals surface area contributed by atoms with Crippen LogP contribution in [0.5, 0.6) is 0 Å². The van der Waals surface area contributed by atoms with Gasteiger partial charge in [-0.3, -0.25) is 0 Å². The summed E-state index contributed by atoms with van der Waals surface area (Å²) in [6.07, 6.45) is 9.68. The summed E-state index contributed by atoms with van der Waals surface area (Å²) in [5.74, 6) is 0.910. The summed E-state index contributed by atoms with van der Waals surface area (Å²) in [6, 6.07) is 76.4. The molecule has 3 nitrogen and oxygen atoms in total. The fraction of sp³-hybridized carbons (Fsp3) is 0.138. The van der Waals surface area contributed by atoms with Crippen LogP contribution in [-0.4, -0.2) is 4.57 Å². The number of anilines is 3. The summed E-state index contributed by atoms with van der Waals surface area (Å²) in [7, 11) is 0. The van der Waals surface area contributed by atoms with Crippen molar-refractivity contribution < 1.29 is 4.42 Å². The Kier molecular flexibility index (Phi) is 9.96. The minimum atomic E-state index is 0.343. The number of hydrogen-bond donors (Lipinski definition) is 0. The zero-order valence-electron chi connectivity index (χ0n) is 38.4. The lowest BCUT2D eigenvalue weighted by Crippen LogP contribution is -2.29. The average molecular weight is 877 g/mol. The number of rotatable bonds is 8. The highest BCUT2D eigenvalue weighted by molar-refractivity contribution is 6.16. The molecule has 2 aliphatic rings. The van der Waals surface area contributed by atoms with Crippen LogP contribution in [0, 0.1) is 5.92 Å². The van der Waals surface area contributed by atoms with Crippen molar-refractivity contribution in [2.45, 2.75) is 51.4 Å². The zero-order valence-corrected chi connectivity index (χ0v) is 38.4. The Morgan fingerprint density at radius 3 is 2.01 bits per heavy atom. The second-order valence-corrected chi connectivity index (χ2v) is 19.1. The SMILES string of the molecule is CC1C=c2oc3ccccc3c2=C(c2cccc(N(c3cccc(-c4cccc5c4c4ccccc4n5-c4ccccc4)c3)c3ccccc3-c3cccc4cccc(C5CCCCC5)c34)c2)C1. The molecule has 1 atom stereocenters. The summed E-state index contributed by atoms with van der Waals surface area (Å²) in [6.45, 7) is 2.30. The van der Waals surface area contributed by atoms with Gasteiger partial charge in [0.05, 0.1) is 16.7 Å². The highest BCUT2D eigenvalue weighted by Crippen LogP contribution is 2.47. The number of fused-ring (bicyclic) bond motifs is 7. The van der Waals surface area contributed by atoms with E-state index in [0.717, 1.165) is 40.2 Å². The fourth-order valence-electron chi connectivity index (χ4n) is 11.9. The lowest BCUT2D eigenvalue weighted by Gasteiger charge is -2.30. The first kappa shape index (κ1) is 40.4. The average Bonchev–Trinajstić information content (AvgIpc) is 3.95. The van der Waals surface area contributed by atoms with Crippen LogP contribution >= 0.6 is 0 Å². The van der Waals surface area contributed by atoms with Crippen molar-refractivity contribution in [3.63, 3.8) is 0 Å². The standard InChI is InChI=1S/C65H52N2O/c1-43-39-57(65-56-31-10-13-38-61(56)68-62(65)40-43)47-24-15-28-50(42-47)66(58-35-11-8-29-53(58)54-34-17-22-45-21-16-32-51(63(45)54)44-19-4-2-5-20-44)49-27-14-23-46(41-49)52-33-18-37-60-64(52)55-30-9-12-36-59(55)67(60)48-25-6-3-7-26-48/h3,6-18,21-38,40-44H,2,4-5,19-20,39H2,1H3. The molecule has 1 saturated carbocycles. The second-order valence-electron chi connectivity index (χ2n) is 19.1. The lowest BCUT2D eigenvalue weighted by atomic mass is 9.80. The first-order valence-corrected chi connectivity index (χ1v) is 24.6. The maximum absolute atomic E-state index is 6.53. The zero-order chi connectivity index (χ0) is 45.1. The molecule has 2 aliphatic carbocycles. The molecule has 0 saturated heterocycles. The molecule has 3 heteroatoms. The van der Waals surface area contributed by atoms with E-state index >= 15 is 0 Å². The molecule has 1 fully saturated rings. The van der Waals surface area contributed by atoms with Gasteiger partial charge in [0.2, 0.25) is 0 Å². The van der Waals surface area contributed by atoms with Gasteiger partial charge in [0.15, 0.2) is 0 Å². The maximum Gasteiger partial charge on any atom is 0.135 e. The molecule has 0 amide bonds. The molecule has 68 heavy (non-hydrogen) atoms. The quantitative estimate of drug-likeness (QED) is 0.152. The Morgan fingerprint density at radius 2 is 1.16 bits per heavy atom. The smallest absolute Gasteiger partial charge is 0.135 e. The number of hydrogen-bond acceptors (Lipinski definition) is 2. The molecule has 0 radical (unpaired) electrons. The van der Waals surface area contributed by atoms with Crippen LogP contribution < -0.4 is 15.5 Å². The van der Waals surface area contributed by atoms with Gasteiger partial charge in [-0.05, 0) is 142 Å². The highest BCUT2D eigenvalue weighted by atomic mass is 16.3. The molecule has 0 N–H and O–H groups in total. The molecule has 2 heterocycles. The second kappa shape index (κ2) is 16.8. The monoisotopic (exact) mass is 876 g/mol. The van der Waals surface area contributed by atoms with Crippen molar-refractivity contribution in [1.29, 1.82) is 0 Å². The van der Waals surface area contributed by atoms with E-state index in [1.807, 2.05) is 0 Å². The van der Waals surface area contributed by atoms with Crippen LogP contribution in [0.3, 0.4) is 0 Å². The van der Waals surface area contributed by atoms with E-state index in [1.54, 1.807) is 0 Å². The summed E-state index contributed by atoms with van der Waals surface area (Å²) >= 11 is 0. The first-order chi connectivity index (χ1) is 33.7. The Labute approximate surface area is 397 Å². The summed E-state index contributed by atoms with van der Waals surface area (Å²) in [5.41, 5.74) is 17.8. The van der Waals surface area contributed by atoms with Crippen molar-refractivity contribution in [3.05, 3.63) is 228 Å². The summed E-state index contributed by atoms with van der Waals surface area (Å²) in [5, 5.41) is 7.59. The molecule has 1 unspecified atom stereocenters. The third-order valence-corrected chi connectivity index (χ3v) is 14.9. The van der Waals surface area contributed by atoms with Crippen LogP contribution in [0.25, 0.3) is 83.1 Å². The topological polar surface area (TPSA) is 21.3 Å². The predicted octanol–water partition coefficient (Wildman–Crippen LogP) is 16.6. The first-order valence-electron chi connectivity index (χ1n) is 24.6. The van der Waals surface area contributed by atoms with Crippen LogP contribution in [0.2, 0.25) is 0 Å². The summed E-state index contributed by atoms with van der Waals surface area (Å²) < 4.78 is 8.94. The van der Waals surface area contributed by atoms with Crippen LogP contribution in [0.1, 0.15) is 62.5 Å². The molecule has 0 bridgehead atoms. The maximum atomic E-state index is 6.53. The minimum Gasteiger partial charge on any atom is -0.456 e. The van der Waals surface area contributed by atoms with E-state index in [0.29, 0.717) is 11.8 Å². The van der Waals surface area contributed by atoms with Gasteiger partial charge in [0.25, 0.3) is 0 Å². The van der Waals surface area contributed by atoms with E-state index in [9.17, 15) is 0 Å². The van der Waals surface area contributed by atoms with Crippen LogP contribution in [0.4, 0.5) is 17.1 Å². The number of nitrogens with zero attached hydrogens (tertiary/aromatic N) is 2. The van der Waals surface area contributed by atoms with Crippen LogP contribution in [-0.2, 0) is 0 Å². The molecule has 328 valence electrons. The number of benzene rings is 9. The number of furan rings is 1. The van der Waals surface area contributed by atoms with E-state index in [-0.39, 0.29) is 0 Å². The van der Waals surface area contributed by atoms with Gasteiger partial charge in [-0.25, -0.2) is 0 Å². The van der Waals surface area contributed by atoms with Gasteiger partial charge in [-0.1, -0.05) is 172 Å². The largest absolute Gasteiger partial charge is 0.456 e. The van der Waals surface area contributed by atoms with Gasteiger partial charge in [0.1, 0.15) is 11.0 Å². The molecule has 11 aromatic rings. The Hall–Kier alpha value is -7.88. The Bertz CT molecular complexity index is 3840. The van der Waals surface area contributed by atoms with Gasteiger partial charge < -0.3 is 13.9 Å². The number of aromatic nitrogens is 1. The molecule has 0 spiro atoms. The third-order valence-electron chi connectivity index (χ3n) is 14.9. The summed E-state index contributed by atoms with van der Waals surface area (Å²) in [4.78, 5) is 2.52. The van der Waals surface area contributed by atoms with Crippen molar-refractivity contribution in [2.24, 2.45) is 5.92 Å². The molecule has 0 aliphatic heterocycles. The van der Waals surface area contributed by atoms with Gasteiger partial charge in [0, 0.05) is 44.0 Å². The van der Waals surface area contributed by atoms with E-state index in [4.69, 9.17) is 4.42 Å². The normalized spacial score (nSPS) is 15.2. The third kappa shape index (κ3) is 6.79. The number of para-hydroxylation sites is 4. The van der Waals surface area contributed by atoms with Crippen LogP contribution in [0.15, 0.2) is 211 Å². The van der Waals surface area contributed by atoms with Crippen molar-refractivity contribution in [3.8, 4) is 27.9 Å². The molecular weight excluding hydrogens is 825 g/mol. The Morgan fingerprint density at radius 1 is 0.515 bits per heavy atom. The van der Waals surface area contributed by atoms with Crippen molar-refractivity contribution in [2.75, 3.05) is 4.90 Å². The van der Waals surface area contributed by atoms with Gasteiger partial charge in [-0.2, -0.15) is 0 Å². The molecule has 2 aromatic heterocycles. The van der Waals surface area contributed by atoms with E-state index in [2.05, 4.69) is 229 Å². The van der Waals surface area contributed by atoms with Gasteiger partial charge >= 0.3 is 0 Å². The van der Waals surface area contributed by atoms with Crippen molar-refractivity contribution in [1.82, 2.24) is 4.57 Å². The highest BCUT2D eigenvalue weighted by Gasteiger charge is 2.25. The van der Waals surface area contributed by atoms with E-state index in [1.165, 1.54) is 114 Å². The predicted molar refractivity (Wildman–Crippen MR) is 286 cm³/mol. The van der Waals surface area contributed by atoms with E-state index < -0.39 is 0 Å². The lowest BCUT2D eigenvalue weighted by molar-refractivity contribution is 0.445. The Balaban J connectivity index is 1.05. The fourth-order valence-corrected chi connectivity index (χ4v) is 11.9. The minimum absolute atomic E-state index is 0.343.